The van der Waals surface area contributed by atoms with E-state index in [4.69, 9.17) is 5.73 Å². The Morgan fingerprint density at radius 2 is 2.28 bits per heavy atom. The maximum absolute atomic E-state index is 11.1. The molecule has 1 heterocycles. The summed E-state index contributed by atoms with van der Waals surface area (Å²) in [7, 11) is 0. The number of anilines is 1. The van der Waals surface area contributed by atoms with E-state index in [1.54, 1.807) is 6.20 Å². The van der Waals surface area contributed by atoms with E-state index < -0.39 is 0 Å². The second-order valence-corrected chi connectivity index (χ2v) is 4.14. The third-order valence-corrected chi connectivity index (χ3v) is 2.64. The largest absolute Gasteiger partial charge is 0.368 e. The van der Waals surface area contributed by atoms with Gasteiger partial charge in [0, 0.05) is 24.8 Å². The van der Waals surface area contributed by atoms with Gasteiger partial charge in [-0.1, -0.05) is 13.0 Å². The lowest BCUT2D eigenvalue weighted by Gasteiger charge is -2.23. The van der Waals surface area contributed by atoms with Gasteiger partial charge in [-0.15, -0.1) is 0 Å². The molecule has 5 nitrogen and oxygen atoms in total. The number of carbonyl (C=O) groups excluding carboxylic acids is 1. The SMILES string of the molecule is CCCNCc1cccnc1N(CC)CC(N)=O. The fourth-order valence-corrected chi connectivity index (χ4v) is 1.78. The van der Waals surface area contributed by atoms with Crippen LogP contribution in [0.2, 0.25) is 0 Å². The van der Waals surface area contributed by atoms with Gasteiger partial charge < -0.3 is 16.0 Å². The van der Waals surface area contributed by atoms with Gasteiger partial charge in [0.25, 0.3) is 0 Å². The van der Waals surface area contributed by atoms with E-state index in [2.05, 4.69) is 17.2 Å². The van der Waals surface area contributed by atoms with Crippen LogP contribution < -0.4 is 16.0 Å². The number of amides is 1. The molecule has 0 radical (unpaired) electrons. The summed E-state index contributed by atoms with van der Waals surface area (Å²) in [6.07, 6.45) is 2.83. The summed E-state index contributed by atoms with van der Waals surface area (Å²) in [5, 5.41) is 3.34. The molecular weight excluding hydrogens is 228 g/mol. The zero-order valence-corrected chi connectivity index (χ0v) is 11.1. The van der Waals surface area contributed by atoms with Crippen molar-refractivity contribution >= 4 is 11.7 Å². The van der Waals surface area contributed by atoms with Crippen LogP contribution >= 0.6 is 0 Å². The van der Waals surface area contributed by atoms with Gasteiger partial charge in [-0.05, 0) is 26.0 Å². The number of nitrogens with zero attached hydrogens (tertiary/aromatic N) is 2. The minimum Gasteiger partial charge on any atom is -0.368 e. The number of nitrogens with two attached hydrogens (primary N) is 1. The monoisotopic (exact) mass is 250 g/mol. The third-order valence-electron chi connectivity index (χ3n) is 2.64. The lowest BCUT2D eigenvalue weighted by molar-refractivity contribution is -0.116. The van der Waals surface area contributed by atoms with Crippen molar-refractivity contribution in [1.82, 2.24) is 10.3 Å². The van der Waals surface area contributed by atoms with Crippen LogP contribution in [0, 0.1) is 0 Å². The highest BCUT2D eigenvalue weighted by Gasteiger charge is 2.12. The minimum atomic E-state index is -0.338. The highest BCUT2D eigenvalue weighted by Crippen LogP contribution is 2.16. The predicted molar refractivity (Wildman–Crippen MR) is 73.3 cm³/mol. The van der Waals surface area contributed by atoms with Gasteiger partial charge in [-0.3, -0.25) is 4.79 Å². The molecule has 3 N–H and O–H groups in total. The maximum Gasteiger partial charge on any atom is 0.236 e. The fourth-order valence-electron chi connectivity index (χ4n) is 1.78. The summed E-state index contributed by atoms with van der Waals surface area (Å²) in [5.41, 5.74) is 6.35. The molecule has 100 valence electrons. The molecular formula is C13H22N4O. The quantitative estimate of drug-likeness (QED) is 0.672. The van der Waals surface area contributed by atoms with Crippen LogP contribution in [0.25, 0.3) is 0 Å². The van der Waals surface area contributed by atoms with Crippen LogP contribution in [0.3, 0.4) is 0 Å². The lowest BCUT2D eigenvalue weighted by Crippen LogP contribution is -2.35. The van der Waals surface area contributed by atoms with Crippen molar-refractivity contribution in [2.45, 2.75) is 26.8 Å². The van der Waals surface area contributed by atoms with E-state index in [-0.39, 0.29) is 12.5 Å². The number of nitrogens with one attached hydrogen (secondary N) is 1. The molecule has 1 amide bonds. The Hall–Kier alpha value is -1.62. The summed E-state index contributed by atoms with van der Waals surface area (Å²) in [5.74, 6) is 0.498. The molecule has 0 saturated heterocycles. The molecule has 0 aliphatic heterocycles. The number of carbonyl (C=O) groups is 1. The second-order valence-electron chi connectivity index (χ2n) is 4.14. The van der Waals surface area contributed by atoms with E-state index in [9.17, 15) is 4.79 Å². The number of hydrogen-bond acceptors (Lipinski definition) is 4. The molecule has 1 rings (SSSR count). The summed E-state index contributed by atoms with van der Waals surface area (Å²) >= 11 is 0. The Morgan fingerprint density at radius 3 is 2.89 bits per heavy atom. The molecule has 0 fully saturated rings. The zero-order valence-electron chi connectivity index (χ0n) is 11.1. The van der Waals surface area contributed by atoms with Crippen molar-refractivity contribution in [3.8, 4) is 0 Å². The van der Waals surface area contributed by atoms with Crippen LogP contribution in [-0.4, -0.2) is 30.5 Å². The Morgan fingerprint density at radius 1 is 1.50 bits per heavy atom. The average Bonchev–Trinajstić information content (AvgIpc) is 2.37. The number of hydrogen-bond donors (Lipinski definition) is 2. The Balaban J connectivity index is 2.81. The van der Waals surface area contributed by atoms with Crippen LogP contribution in [0.5, 0.6) is 0 Å². The van der Waals surface area contributed by atoms with Crippen molar-refractivity contribution in [3.63, 3.8) is 0 Å². The zero-order chi connectivity index (χ0) is 13.4. The Labute approximate surface area is 108 Å². The molecule has 1 aromatic rings. The molecule has 0 aromatic carbocycles. The summed E-state index contributed by atoms with van der Waals surface area (Å²) in [4.78, 5) is 17.3. The highest BCUT2D eigenvalue weighted by molar-refractivity contribution is 5.79. The van der Waals surface area contributed by atoms with Gasteiger partial charge in [0.15, 0.2) is 0 Å². The van der Waals surface area contributed by atoms with Gasteiger partial charge in [0.05, 0.1) is 6.54 Å². The molecule has 0 aliphatic rings. The van der Waals surface area contributed by atoms with Crippen LogP contribution in [0.4, 0.5) is 5.82 Å². The molecule has 1 aromatic heterocycles. The topological polar surface area (TPSA) is 71.2 Å². The number of primary amides is 1. The summed E-state index contributed by atoms with van der Waals surface area (Å²) in [6.45, 7) is 6.75. The molecule has 0 spiro atoms. The first kappa shape index (κ1) is 14.4. The summed E-state index contributed by atoms with van der Waals surface area (Å²) in [6, 6.07) is 3.93. The van der Waals surface area contributed by atoms with Gasteiger partial charge in [0.1, 0.15) is 5.82 Å². The first-order valence-corrected chi connectivity index (χ1v) is 6.36. The maximum atomic E-state index is 11.1. The van der Waals surface area contributed by atoms with E-state index in [0.29, 0.717) is 6.54 Å². The molecule has 0 atom stereocenters. The number of aromatic nitrogens is 1. The molecule has 0 aliphatic carbocycles. The van der Waals surface area contributed by atoms with E-state index in [1.165, 1.54) is 0 Å². The van der Waals surface area contributed by atoms with Crippen LogP contribution in [0.1, 0.15) is 25.8 Å². The van der Waals surface area contributed by atoms with Crippen molar-refractivity contribution in [1.29, 1.82) is 0 Å². The van der Waals surface area contributed by atoms with E-state index in [0.717, 1.165) is 30.9 Å². The lowest BCUT2D eigenvalue weighted by atomic mass is 10.2. The number of rotatable bonds is 8. The van der Waals surface area contributed by atoms with Gasteiger partial charge in [-0.25, -0.2) is 4.98 Å². The molecule has 0 unspecified atom stereocenters. The second kappa shape index (κ2) is 7.66. The van der Waals surface area contributed by atoms with Crippen molar-refractivity contribution in [3.05, 3.63) is 23.9 Å². The van der Waals surface area contributed by atoms with Crippen molar-refractivity contribution in [2.75, 3.05) is 24.5 Å². The Bertz CT molecular complexity index is 381. The average molecular weight is 250 g/mol. The first-order valence-electron chi connectivity index (χ1n) is 6.36. The van der Waals surface area contributed by atoms with E-state index >= 15 is 0 Å². The van der Waals surface area contributed by atoms with Crippen molar-refractivity contribution in [2.24, 2.45) is 5.73 Å². The van der Waals surface area contributed by atoms with Gasteiger partial charge in [-0.2, -0.15) is 0 Å². The molecule has 0 bridgehead atoms. The van der Waals surface area contributed by atoms with Crippen LogP contribution in [-0.2, 0) is 11.3 Å². The Kier molecular flexibility index (Phi) is 6.14. The normalized spacial score (nSPS) is 10.3. The number of likely N-dealkylation sites (N-methyl/N-ethyl adjacent to an activating group) is 1. The molecule has 5 heteroatoms. The first-order chi connectivity index (χ1) is 8.69. The summed E-state index contributed by atoms with van der Waals surface area (Å²) < 4.78 is 0. The van der Waals surface area contributed by atoms with E-state index in [1.807, 2.05) is 24.0 Å². The molecule has 18 heavy (non-hydrogen) atoms. The minimum absolute atomic E-state index is 0.203. The van der Waals surface area contributed by atoms with Crippen LogP contribution in [0.15, 0.2) is 18.3 Å². The predicted octanol–water partition coefficient (Wildman–Crippen LogP) is 0.893. The smallest absolute Gasteiger partial charge is 0.236 e. The molecule has 0 saturated carbocycles. The highest BCUT2D eigenvalue weighted by atomic mass is 16.1. The third kappa shape index (κ3) is 4.33. The van der Waals surface area contributed by atoms with Gasteiger partial charge >= 0.3 is 0 Å². The fraction of sp³-hybridized carbons (Fsp3) is 0.538. The number of pyridine rings is 1. The standard InChI is InChI=1S/C13H22N4O/c1-3-7-15-9-11-6-5-8-16-13(11)17(4-2)10-12(14)18/h5-6,8,15H,3-4,7,9-10H2,1-2H3,(H2,14,18). The van der Waals surface area contributed by atoms with Crippen molar-refractivity contribution < 1.29 is 4.79 Å². The van der Waals surface area contributed by atoms with Gasteiger partial charge in [0.2, 0.25) is 5.91 Å².